The molecule has 3 nitrogen and oxygen atoms in total. The van der Waals surface area contributed by atoms with Gasteiger partial charge in [-0.2, -0.15) is 0 Å². The first-order chi connectivity index (χ1) is 8.84. The highest BCUT2D eigenvalue weighted by Gasteiger charge is 2.40. The highest BCUT2D eigenvalue weighted by molar-refractivity contribution is 5.79. The fourth-order valence-electron chi connectivity index (χ4n) is 2.80. The molecule has 3 atom stereocenters. The molecule has 1 heterocycles. The number of hydrogen-bond acceptors (Lipinski definition) is 2. The Morgan fingerprint density at radius 1 is 1.28 bits per heavy atom. The molecule has 2 N–H and O–H groups in total. The van der Waals surface area contributed by atoms with Crippen molar-refractivity contribution in [2.24, 2.45) is 5.92 Å². The predicted octanol–water partition coefficient (Wildman–Crippen LogP) is 1.66. The third-order valence-electron chi connectivity index (χ3n) is 4.01. The third-order valence-corrected chi connectivity index (χ3v) is 4.01. The molecular weight excluding hydrogens is 224 g/mol. The number of amides is 1. The average Bonchev–Trinajstić information content (AvgIpc) is 3.20. The minimum absolute atomic E-state index is 0.177. The van der Waals surface area contributed by atoms with Crippen LogP contribution in [0.3, 0.4) is 0 Å². The van der Waals surface area contributed by atoms with Gasteiger partial charge in [0.15, 0.2) is 0 Å². The predicted molar refractivity (Wildman–Crippen MR) is 71.3 cm³/mol. The lowest BCUT2D eigenvalue weighted by atomic mass is 9.99. The smallest absolute Gasteiger partial charge is 0.224 e. The molecule has 0 spiro atoms. The number of nitrogens with one attached hydrogen (secondary N) is 2. The number of piperidine rings is 1. The SMILES string of the molecule is O=C(NC1CC1c1ccccc1)[C@@H]1CCCNC1. The van der Waals surface area contributed by atoms with E-state index >= 15 is 0 Å². The van der Waals surface area contributed by atoms with Crippen LogP contribution in [0, 0.1) is 5.92 Å². The van der Waals surface area contributed by atoms with E-state index in [0.717, 1.165) is 32.4 Å². The summed E-state index contributed by atoms with van der Waals surface area (Å²) in [4.78, 5) is 12.1. The molecule has 96 valence electrons. The van der Waals surface area contributed by atoms with Crippen molar-refractivity contribution in [3.8, 4) is 0 Å². The topological polar surface area (TPSA) is 41.1 Å². The maximum atomic E-state index is 12.1. The molecule has 0 bridgehead atoms. The number of carbonyl (C=O) groups excluding carboxylic acids is 1. The lowest BCUT2D eigenvalue weighted by Gasteiger charge is -2.21. The van der Waals surface area contributed by atoms with Gasteiger partial charge in [-0.1, -0.05) is 30.3 Å². The number of carbonyl (C=O) groups is 1. The van der Waals surface area contributed by atoms with Crippen LogP contribution < -0.4 is 10.6 Å². The van der Waals surface area contributed by atoms with E-state index in [1.807, 2.05) is 6.07 Å². The molecular formula is C15H20N2O. The molecule has 2 unspecified atom stereocenters. The zero-order chi connectivity index (χ0) is 12.4. The molecule has 3 heteroatoms. The monoisotopic (exact) mass is 244 g/mol. The van der Waals surface area contributed by atoms with Gasteiger partial charge in [0.05, 0.1) is 5.92 Å². The van der Waals surface area contributed by atoms with E-state index in [1.165, 1.54) is 5.56 Å². The van der Waals surface area contributed by atoms with Gasteiger partial charge in [0, 0.05) is 18.5 Å². The third kappa shape index (κ3) is 2.56. The number of rotatable bonds is 3. The molecule has 1 aliphatic carbocycles. The summed E-state index contributed by atoms with van der Waals surface area (Å²) in [5.41, 5.74) is 1.35. The van der Waals surface area contributed by atoms with Crippen molar-refractivity contribution in [1.29, 1.82) is 0 Å². The average molecular weight is 244 g/mol. The summed E-state index contributed by atoms with van der Waals surface area (Å²) in [6, 6.07) is 10.8. The van der Waals surface area contributed by atoms with Crippen molar-refractivity contribution < 1.29 is 4.79 Å². The molecule has 1 saturated carbocycles. The molecule has 18 heavy (non-hydrogen) atoms. The van der Waals surface area contributed by atoms with E-state index in [0.29, 0.717) is 12.0 Å². The Hall–Kier alpha value is -1.35. The Kier molecular flexibility index (Phi) is 3.33. The van der Waals surface area contributed by atoms with Crippen LogP contribution in [0.15, 0.2) is 30.3 Å². The zero-order valence-electron chi connectivity index (χ0n) is 10.6. The highest BCUT2D eigenvalue weighted by atomic mass is 16.2. The molecule has 0 aromatic heterocycles. The first kappa shape index (κ1) is 11.7. The van der Waals surface area contributed by atoms with Gasteiger partial charge in [0.25, 0.3) is 0 Å². The van der Waals surface area contributed by atoms with Crippen molar-refractivity contribution in [1.82, 2.24) is 10.6 Å². The van der Waals surface area contributed by atoms with Crippen molar-refractivity contribution in [2.75, 3.05) is 13.1 Å². The van der Waals surface area contributed by atoms with Crippen molar-refractivity contribution in [3.05, 3.63) is 35.9 Å². The Bertz CT molecular complexity index is 412. The van der Waals surface area contributed by atoms with Crippen LogP contribution >= 0.6 is 0 Å². The fraction of sp³-hybridized carbons (Fsp3) is 0.533. The highest BCUT2D eigenvalue weighted by Crippen LogP contribution is 2.40. The fourth-order valence-corrected chi connectivity index (χ4v) is 2.80. The van der Waals surface area contributed by atoms with E-state index in [9.17, 15) is 4.79 Å². The van der Waals surface area contributed by atoms with E-state index in [1.54, 1.807) is 0 Å². The summed E-state index contributed by atoms with van der Waals surface area (Å²) in [6.45, 7) is 1.90. The van der Waals surface area contributed by atoms with Crippen molar-refractivity contribution >= 4 is 5.91 Å². The normalized spacial score (nSPS) is 30.8. The summed E-state index contributed by atoms with van der Waals surface area (Å²) in [5, 5.41) is 6.48. The molecule has 1 aromatic carbocycles. The van der Waals surface area contributed by atoms with Crippen LogP contribution in [0.5, 0.6) is 0 Å². The van der Waals surface area contributed by atoms with Crippen LogP contribution in [0.25, 0.3) is 0 Å². The Morgan fingerprint density at radius 2 is 2.11 bits per heavy atom. The Balaban J connectivity index is 1.51. The van der Waals surface area contributed by atoms with E-state index < -0.39 is 0 Å². The molecule has 2 fully saturated rings. The van der Waals surface area contributed by atoms with Crippen LogP contribution in [-0.2, 0) is 4.79 Å². The van der Waals surface area contributed by atoms with Gasteiger partial charge in [0.1, 0.15) is 0 Å². The summed E-state index contributed by atoms with van der Waals surface area (Å²) in [7, 11) is 0. The van der Waals surface area contributed by atoms with Gasteiger partial charge in [-0.05, 0) is 31.4 Å². The van der Waals surface area contributed by atoms with E-state index in [-0.39, 0.29) is 11.8 Å². The van der Waals surface area contributed by atoms with Gasteiger partial charge < -0.3 is 10.6 Å². The van der Waals surface area contributed by atoms with E-state index in [2.05, 4.69) is 34.9 Å². The van der Waals surface area contributed by atoms with Gasteiger partial charge in [-0.3, -0.25) is 4.79 Å². The van der Waals surface area contributed by atoms with E-state index in [4.69, 9.17) is 0 Å². The number of hydrogen-bond donors (Lipinski definition) is 2. The minimum Gasteiger partial charge on any atom is -0.352 e. The van der Waals surface area contributed by atoms with Crippen LogP contribution in [0.4, 0.5) is 0 Å². The van der Waals surface area contributed by atoms with Crippen LogP contribution in [-0.4, -0.2) is 25.0 Å². The standard InChI is InChI=1S/C15H20N2O/c18-15(12-7-4-8-16-10-12)17-14-9-13(14)11-5-2-1-3-6-11/h1-3,5-6,12-14,16H,4,7-10H2,(H,17,18)/t12-,13?,14?/m1/s1. The van der Waals surface area contributed by atoms with Gasteiger partial charge in [0.2, 0.25) is 5.91 Å². The molecule has 3 rings (SSSR count). The molecule has 1 saturated heterocycles. The molecule has 1 aliphatic heterocycles. The maximum absolute atomic E-state index is 12.1. The van der Waals surface area contributed by atoms with Crippen LogP contribution in [0.1, 0.15) is 30.7 Å². The van der Waals surface area contributed by atoms with Crippen LogP contribution in [0.2, 0.25) is 0 Å². The second-order valence-corrected chi connectivity index (χ2v) is 5.41. The molecule has 1 aromatic rings. The Labute approximate surface area is 108 Å². The second-order valence-electron chi connectivity index (χ2n) is 5.41. The Morgan fingerprint density at radius 3 is 2.83 bits per heavy atom. The maximum Gasteiger partial charge on any atom is 0.224 e. The van der Waals surface area contributed by atoms with Gasteiger partial charge >= 0.3 is 0 Å². The van der Waals surface area contributed by atoms with Crippen molar-refractivity contribution in [2.45, 2.75) is 31.2 Å². The molecule has 2 aliphatic rings. The summed E-state index contributed by atoms with van der Waals surface area (Å²) >= 11 is 0. The lowest BCUT2D eigenvalue weighted by Crippen LogP contribution is -2.41. The van der Waals surface area contributed by atoms with Gasteiger partial charge in [-0.15, -0.1) is 0 Å². The van der Waals surface area contributed by atoms with Gasteiger partial charge in [-0.25, -0.2) is 0 Å². The number of benzene rings is 1. The summed E-state index contributed by atoms with van der Waals surface area (Å²) < 4.78 is 0. The second kappa shape index (κ2) is 5.11. The van der Waals surface area contributed by atoms with Crippen molar-refractivity contribution in [3.63, 3.8) is 0 Å². The first-order valence-electron chi connectivity index (χ1n) is 6.90. The lowest BCUT2D eigenvalue weighted by molar-refractivity contribution is -0.125. The largest absolute Gasteiger partial charge is 0.352 e. The minimum atomic E-state index is 0.177. The summed E-state index contributed by atoms with van der Waals surface area (Å²) in [6.07, 6.45) is 3.24. The quantitative estimate of drug-likeness (QED) is 0.849. The zero-order valence-corrected chi connectivity index (χ0v) is 10.6. The molecule has 1 amide bonds. The molecule has 0 radical (unpaired) electrons. The summed E-state index contributed by atoms with van der Waals surface area (Å²) in [5.74, 6) is 0.952. The first-order valence-corrected chi connectivity index (χ1v) is 6.90.